The highest BCUT2D eigenvalue weighted by atomic mass is 16.5. The summed E-state index contributed by atoms with van der Waals surface area (Å²) in [6.07, 6.45) is 1.97. The highest BCUT2D eigenvalue weighted by molar-refractivity contribution is 5.90. The third kappa shape index (κ3) is 3.08. The van der Waals surface area contributed by atoms with Gasteiger partial charge in [-0.1, -0.05) is 12.1 Å². The second-order valence-corrected chi connectivity index (χ2v) is 6.11. The molecule has 0 radical (unpaired) electrons. The van der Waals surface area contributed by atoms with Gasteiger partial charge in [0, 0.05) is 25.1 Å². The van der Waals surface area contributed by atoms with Crippen LogP contribution in [0.4, 0.5) is 11.8 Å². The summed E-state index contributed by atoms with van der Waals surface area (Å²) in [4.78, 5) is 9.08. The van der Waals surface area contributed by atoms with E-state index in [9.17, 15) is 0 Å². The van der Waals surface area contributed by atoms with E-state index in [1.54, 1.807) is 0 Å². The molecule has 5 nitrogen and oxygen atoms in total. The fraction of sp³-hybridized carbons (Fsp3) is 0.500. The van der Waals surface area contributed by atoms with Gasteiger partial charge < -0.3 is 15.4 Å². The maximum absolute atomic E-state index is 5.78. The average Bonchev–Trinajstić information content (AvgIpc) is 2.46. The van der Waals surface area contributed by atoms with Gasteiger partial charge in [-0.05, 0) is 38.8 Å². The Labute approximate surface area is 125 Å². The Morgan fingerprint density at radius 2 is 2.05 bits per heavy atom. The van der Waals surface area contributed by atoms with Crippen molar-refractivity contribution in [2.75, 3.05) is 24.3 Å². The quantitative estimate of drug-likeness (QED) is 0.908. The van der Waals surface area contributed by atoms with Gasteiger partial charge in [-0.3, -0.25) is 0 Å². The fourth-order valence-corrected chi connectivity index (χ4v) is 2.85. The molecule has 0 spiro atoms. The van der Waals surface area contributed by atoms with Crippen molar-refractivity contribution in [1.82, 2.24) is 9.97 Å². The van der Waals surface area contributed by atoms with Crippen molar-refractivity contribution in [1.29, 1.82) is 0 Å². The molecule has 21 heavy (non-hydrogen) atoms. The van der Waals surface area contributed by atoms with Gasteiger partial charge in [-0.2, -0.15) is 4.98 Å². The molecule has 3 rings (SSSR count). The van der Waals surface area contributed by atoms with Crippen molar-refractivity contribution in [2.45, 2.75) is 38.3 Å². The van der Waals surface area contributed by atoms with E-state index in [0.717, 1.165) is 36.2 Å². The van der Waals surface area contributed by atoms with E-state index in [2.05, 4.69) is 40.5 Å². The van der Waals surface area contributed by atoms with Crippen molar-refractivity contribution >= 4 is 22.7 Å². The first-order chi connectivity index (χ1) is 10.1. The highest BCUT2D eigenvalue weighted by Gasteiger charge is 2.29. The largest absolute Gasteiger partial charge is 0.375 e. The van der Waals surface area contributed by atoms with E-state index in [0.29, 0.717) is 12.0 Å². The van der Waals surface area contributed by atoms with E-state index in [4.69, 9.17) is 4.74 Å². The van der Waals surface area contributed by atoms with Gasteiger partial charge in [-0.25, -0.2) is 4.98 Å². The summed E-state index contributed by atoms with van der Waals surface area (Å²) in [5.74, 6) is 1.54. The fourth-order valence-electron chi connectivity index (χ4n) is 2.85. The third-order valence-corrected chi connectivity index (χ3v) is 3.86. The molecule has 2 N–H and O–H groups in total. The van der Waals surface area contributed by atoms with E-state index in [1.165, 1.54) is 0 Å². The number of hydrogen-bond acceptors (Lipinski definition) is 5. The molecule has 1 aliphatic rings. The first-order valence-electron chi connectivity index (χ1n) is 7.42. The van der Waals surface area contributed by atoms with Gasteiger partial charge >= 0.3 is 0 Å². The summed E-state index contributed by atoms with van der Waals surface area (Å²) >= 11 is 0. The number of fused-ring (bicyclic) bond motifs is 1. The van der Waals surface area contributed by atoms with Crippen LogP contribution in [-0.2, 0) is 4.74 Å². The minimum atomic E-state index is -0.0788. The molecule has 1 aliphatic heterocycles. The Hall–Kier alpha value is -1.88. The molecule has 1 fully saturated rings. The standard InChI is InChI=1S/C16H22N4O/c1-16(2)10-11(8-9-21-16)18-14-12-6-4-5-7-13(12)19-15(17-3)20-14/h4-7,11H,8-10H2,1-3H3,(H2,17,18,19,20). The topological polar surface area (TPSA) is 59.1 Å². The second-order valence-electron chi connectivity index (χ2n) is 6.11. The molecule has 0 amide bonds. The number of nitrogens with one attached hydrogen (secondary N) is 2. The zero-order valence-electron chi connectivity index (χ0n) is 12.8. The zero-order valence-corrected chi connectivity index (χ0v) is 12.8. The molecule has 5 heteroatoms. The molecule has 1 aromatic heterocycles. The van der Waals surface area contributed by atoms with Crippen LogP contribution < -0.4 is 10.6 Å². The number of hydrogen-bond donors (Lipinski definition) is 2. The van der Waals surface area contributed by atoms with Crippen LogP contribution in [0.1, 0.15) is 26.7 Å². The van der Waals surface area contributed by atoms with Crippen molar-refractivity contribution in [3.63, 3.8) is 0 Å². The van der Waals surface area contributed by atoms with E-state index >= 15 is 0 Å². The molecule has 2 heterocycles. The lowest BCUT2D eigenvalue weighted by Crippen LogP contribution is -2.40. The number of aromatic nitrogens is 2. The van der Waals surface area contributed by atoms with Gasteiger partial charge in [0.25, 0.3) is 0 Å². The number of nitrogens with zero attached hydrogens (tertiary/aromatic N) is 2. The number of anilines is 2. The molecule has 2 aromatic rings. The lowest BCUT2D eigenvalue weighted by molar-refractivity contribution is -0.0553. The molecule has 0 aliphatic carbocycles. The van der Waals surface area contributed by atoms with Crippen molar-refractivity contribution in [3.8, 4) is 0 Å². The van der Waals surface area contributed by atoms with Crippen LogP contribution in [0.2, 0.25) is 0 Å². The summed E-state index contributed by atoms with van der Waals surface area (Å²) < 4.78 is 5.78. The lowest BCUT2D eigenvalue weighted by Gasteiger charge is -2.36. The minimum Gasteiger partial charge on any atom is -0.375 e. The number of para-hydroxylation sites is 1. The van der Waals surface area contributed by atoms with Gasteiger partial charge in [0.15, 0.2) is 0 Å². The number of ether oxygens (including phenoxy) is 1. The van der Waals surface area contributed by atoms with Gasteiger partial charge in [0.1, 0.15) is 5.82 Å². The van der Waals surface area contributed by atoms with Crippen LogP contribution in [0.5, 0.6) is 0 Å². The van der Waals surface area contributed by atoms with Crippen LogP contribution in [0.3, 0.4) is 0 Å². The Morgan fingerprint density at radius 3 is 2.81 bits per heavy atom. The first-order valence-corrected chi connectivity index (χ1v) is 7.42. The van der Waals surface area contributed by atoms with E-state index < -0.39 is 0 Å². The predicted molar refractivity (Wildman–Crippen MR) is 85.8 cm³/mol. The monoisotopic (exact) mass is 286 g/mol. The second kappa shape index (κ2) is 5.48. The molecular formula is C16H22N4O. The Balaban J connectivity index is 1.92. The van der Waals surface area contributed by atoms with Crippen molar-refractivity contribution in [2.24, 2.45) is 0 Å². The molecule has 1 atom stereocenters. The Kier molecular flexibility index (Phi) is 3.68. The molecule has 1 unspecified atom stereocenters. The normalized spacial score (nSPS) is 21.2. The van der Waals surface area contributed by atoms with Crippen LogP contribution in [0, 0.1) is 0 Å². The molecule has 0 saturated carbocycles. The molecule has 1 saturated heterocycles. The number of benzene rings is 1. The smallest absolute Gasteiger partial charge is 0.224 e. The molecule has 0 bridgehead atoms. The molecule has 112 valence electrons. The molecule has 1 aromatic carbocycles. The van der Waals surface area contributed by atoms with Crippen LogP contribution in [0.25, 0.3) is 10.9 Å². The van der Waals surface area contributed by atoms with Crippen LogP contribution in [-0.4, -0.2) is 35.3 Å². The van der Waals surface area contributed by atoms with Crippen LogP contribution >= 0.6 is 0 Å². The van der Waals surface area contributed by atoms with Crippen molar-refractivity contribution in [3.05, 3.63) is 24.3 Å². The summed E-state index contributed by atoms with van der Waals surface area (Å²) in [7, 11) is 1.84. The molecular weight excluding hydrogens is 264 g/mol. The predicted octanol–water partition coefficient (Wildman–Crippen LogP) is 3.04. The highest BCUT2D eigenvalue weighted by Crippen LogP contribution is 2.28. The van der Waals surface area contributed by atoms with Gasteiger partial charge in [-0.15, -0.1) is 0 Å². The summed E-state index contributed by atoms with van der Waals surface area (Å²) in [6, 6.07) is 8.45. The first kappa shape index (κ1) is 14.1. The maximum atomic E-state index is 5.78. The Bertz CT molecular complexity index is 641. The van der Waals surface area contributed by atoms with Crippen LogP contribution in [0.15, 0.2) is 24.3 Å². The summed E-state index contributed by atoms with van der Waals surface area (Å²) in [5, 5.41) is 7.67. The third-order valence-electron chi connectivity index (χ3n) is 3.86. The average molecular weight is 286 g/mol. The lowest BCUT2D eigenvalue weighted by atomic mass is 9.94. The van der Waals surface area contributed by atoms with E-state index in [1.807, 2.05) is 25.2 Å². The maximum Gasteiger partial charge on any atom is 0.224 e. The number of rotatable bonds is 3. The Morgan fingerprint density at radius 1 is 1.24 bits per heavy atom. The summed E-state index contributed by atoms with van der Waals surface area (Å²) in [5.41, 5.74) is 0.871. The van der Waals surface area contributed by atoms with E-state index in [-0.39, 0.29) is 5.60 Å². The summed E-state index contributed by atoms with van der Waals surface area (Å²) in [6.45, 7) is 5.06. The van der Waals surface area contributed by atoms with Gasteiger partial charge in [0.2, 0.25) is 5.95 Å². The van der Waals surface area contributed by atoms with Crippen molar-refractivity contribution < 1.29 is 4.74 Å². The minimum absolute atomic E-state index is 0.0788. The van der Waals surface area contributed by atoms with Gasteiger partial charge in [0.05, 0.1) is 11.1 Å². The zero-order chi connectivity index (χ0) is 14.9. The SMILES string of the molecule is CNc1nc(NC2CCOC(C)(C)C2)c2ccccc2n1.